The molecule has 1 heterocycles. The number of aliphatic carboxylic acids is 1. The van der Waals surface area contributed by atoms with Crippen molar-refractivity contribution in [1.82, 2.24) is 10.2 Å². The number of amides is 2. The van der Waals surface area contributed by atoms with Crippen LogP contribution in [0.5, 0.6) is 0 Å². The third-order valence-electron chi connectivity index (χ3n) is 8.09. The van der Waals surface area contributed by atoms with Gasteiger partial charge in [0, 0.05) is 17.7 Å². The summed E-state index contributed by atoms with van der Waals surface area (Å²) in [4.78, 5) is 38.8. The summed E-state index contributed by atoms with van der Waals surface area (Å²) in [6.07, 6.45) is 3.12. The lowest BCUT2D eigenvalue weighted by molar-refractivity contribution is -0.151. The second-order valence-electron chi connectivity index (χ2n) is 11.6. The summed E-state index contributed by atoms with van der Waals surface area (Å²) in [5, 5.41) is 12.4. The molecule has 2 N–H and O–H groups in total. The summed E-state index contributed by atoms with van der Waals surface area (Å²) >= 11 is 0. The first-order valence-corrected chi connectivity index (χ1v) is 17.4. The van der Waals surface area contributed by atoms with Crippen LogP contribution in [0.4, 0.5) is 4.79 Å². The zero-order valence-electron chi connectivity index (χ0n) is 26.6. The number of carboxylic acid groups (broad SMARTS) is 1. The number of ether oxygens (including phenoxy) is 1. The Bertz CT molecular complexity index is 1410. The number of carbonyl (C=O) groups excluding carboxylic acids is 2. The number of hydrogen-bond donors (Lipinski definition) is 2. The monoisotopic (exact) mass is 663 g/mol. The fourth-order valence-corrected chi connectivity index (χ4v) is 6.48. The molecule has 1 aliphatic heterocycles. The van der Waals surface area contributed by atoms with Crippen molar-refractivity contribution in [3.63, 3.8) is 0 Å². The van der Waals surface area contributed by atoms with Crippen molar-refractivity contribution in [2.45, 2.75) is 82.6 Å². The standard InChI is InChI=1S/C36H43N2O8P/c39-34(38-26-14-22-31(38)35(40)41)33(24-12-13-25-37-36(42)44-27-29-18-6-2-7-19-29)46-47(43)45-32(30-20-8-3-9-21-30)23-11-10-17-28-15-4-1-5-16-28/h1-9,15-16,18-21,31-33H,10-14,17,22-27H2,(H-,37,40,41,42)/p+1/t31-,32?,33-/m0/s1. The number of alkyl carbamates (subject to hydrolysis) is 1. The minimum Gasteiger partial charge on any atom is -0.480 e. The van der Waals surface area contributed by atoms with Crippen LogP contribution in [0.15, 0.2) is 91.0 Å². The van der Waals surface area contributed by atoms with Crippen molar-refractivity contribution in [3.05, 3.63) is 108 Å². The van der Waals surface area contributed by atoms with E-state index in [0.29, 0.717) is 38.6 Å². The fourth-order valence-electron chi connectivity index (χ4n) is 5.60. The molecule has 4 rings (SSSR count). The number of carboxylic acids is 1. The number of likely N-dealkylation sites (tertiary alicyclic amines) is 1. The number of nitrogens with zero attached hydrogens (tertiary/aromatic N) is 1. The van der Waals surface area contributed by atoms with Crippen molar-refractivity contribution >= 4 is 26.2 Å². The van der Waals surface area contributed by atoms with Crippen molar-refractivity contribution in [2.24, 2.45) is 0 Å². The van der Waals surface area contributed by atoms with Gasteiger partial charge < -0.3 is 20.1 Å². The van der Waals surface area contributed by atoms with E-state index in [4.69, 9.17) is 13.8 Å². The average molecular weight is 664 g/mol. The highest BCUT2D eigenvalue weighted by Gasteiger charge is 2.42. The highest BCUT2D eigenvalue weighted by Crippen LogP contribution is 2.38. The third-order valence-corrected chi connectivity index (χ3v) is 8.95. The van der Waals surface area contributed by atoms with Gasteiger partial charge in [-0.2, -0.15) is 0 Å². The molecule has 0 aliphatic carbocycles. The maximum Gasteiger partial charge on any atom is 0.698 e. The van der Waals surface area contributed by atoms with E-state index in [-0.39, 0.29) is 19.6 Å². The molecule has 3 aromatic rings. The van der Waals surface area contributed by atoms with E-state index in [1.807, 2.05) is 78.9 Å². The number of aryl methyl sites for hydroxylation is 1. The molecule has 1 saturated heterocycles. The molecule has 10 nitrogen and oxygen atoms in total. The lowest BCUT2D eigenvalue weighted by Crippen LogP contribution is -2.45. The van der Waals surface area contributed by atoms with E-state index in [1.54, 1.807) is 0 Å². The molecule has 4 atom stereocenters. The Labute approximate surface area is 277 Å². The van der Waals surface area contributed by atoms with Crippen molar-refractivity contribution in [3.8, 4) is 0 Å². The summed E-state index contributed by atoms with van der Waals surface area (Å²) in [5.41, 5.74) is 2.99. The molecule has 0 spiro atoms. The number of benzene rings is 3. The van der Waals surface area contributed by atoms with Gasteiger partial charge in [0.25, 0.3) is 5.91 Å². The first kappa shape index (κ1) is 35.7. The molecule has 47 heavy (non-hydrogen) atoms. The zero-order chi connectivity index (χ0) is 33.3. The molecule has 0 radical (unpaired) electrons. The van der Waals surface area contributed by atoms with Gasteiger partial charge in [-0.3, -0.25) is 4.79 Å². The van der Waals surface area contributed by atoms with Gasteiger partial charge in [-0.15, -0.1) is 9.05 Å². The molecule has 0 saturated carbocycles. The van der Waals surface area contributed by atoms with E-state index in [9.17, 15) is 24.1 Å². The molecule has 250 valence electrons. The topological polar surface area (TPSA) is 131 Å². The molecular weight excluding hydrogens is 619 g/mol. The first-order valence-electron chi connectivity index (χ1n) is 16.3. The van der Waals surface area contributed by atoms with Crippen LogP contribution in [-0.4, -0.2) is 53.2 Å². The van der Waals surface area contributed by atoms with Gasteiger partial charge in [-0.25, -0.2) is 9.59 Å². The highest BCUT2D eigenvalue weighted by molar-refractivity contribution is 7.33. The normalized spacial score (nSPS) is 15.9. The van der Waals surface area contributed by atoms with Crippen LogP contribution in [0.2, 0.25) is 0 Å². The minimum absolute atomic E-state index is 0.154. The summed E-state index contributed by atoms with van der Waals surface area (Å²) in [6, 6.07) is 28.1. The third kappa shape index (κ3) is 12.2. The second-order valence-corrected chi connectivity index (χ2v) is 12.4. The summed E-state index contributed by atoms with van der Waals surface area (Å²) in [7, 11) is -2.72. The zero-order valence-corrected chi connectivity index (χ0v) is 27.5. The Kier molecular flexibility index (Phi) is 14.8. The van der Waals surface area contributed by atoms with Gasteiger partial charge in [-0.05, 0) is 74.5 Å². The molecule has 1 fully saturated rings. The van der Waals surface area contributed by atoms with Gasteiger partial charge in [0.05, 0.1) is 0 Å². The molecule has 3 aromatic carbocycles. The lowest BCUT2D eigenvalue weighted by atomic mass is 10.0. The number of unbranched alkanes of at least 4 members (excludes halogenated alkanes) is 2. The Morgan fingerprint density at radius 2 is 1.47 bits per heavy atom. The number of carbonyl (C=O) groups is 3. The van der Waals surface area contributed by atoms with E-state index >= 15 is 0 Å². The fraction of sp³-hybridized carbons (Fsp3) is 0.417. The quantitative estimate of drug-likeness (QED) is 0.100. The Morgan fingerprint density at radius 1 is 0.830 bits per heavy atom. The molecule has 0 bridgehead atoms. The first-order chi connectivity index (χ1) is 22.9. The van der Waals surface area contributed by atoms with Gasteiger partial charge in [-0.1, -0.05) is 91.0 Å². The number of hydrogen-bond acceptors (Lipinski definition) is 7. The van der Waals surface area contributed by atoms with Gasteiger partial charge in [0.15, 0.2) is 6.10 Å². The van der Waals surface area contributed by atoms with Crippen LogP contribution in [0.25, 0.3) is 0 Å². The number of nitrogens with one attached hydrogen (secondary N) is 1. The van der Waals surface area contributed by atoms with Gasteiger partial charge >= 0.3 is 20.3 Å². The maximum atomic E-state index is 13.6. The van der Waals surface area contributed by atoms with Crippen LogP contribution in [0, 0.1) is 0 Å². The van der Waals surface area contributed by atoms with E-state index in [1.165, 1.54) is 10.5 Å². The average Bonchev–Trinajstić information content (AvgIpc) is 3.60. The predicted molar refractivity (Wildman–Crippen MR) is 178 cm³/mol. The lowest BCUT2D eigenvalue weighted by Gasteiger charge is -2.24. The van der Waals surface area contributed by atoms with Gasteiger partial charge in [0.2, 0.25) is 0 Å². The molecular formula is C36H44N2O8P+. The summed E-state index contributed by atoms with van der Waals surface area (Å²) in [6.45, 7) is 0.746. The molecule has 1 aliphatic rings. The van der Waals surface area contributed by atoms with Crippen molar-refractivity contribution in [1.29, 1.82) is 0 Å². The molecule has 0 aromatic heterocycles. The SMILES string of the molecule is O=C(NCCCC[C@H](O[P+](=O)OC(CCCCc1ccccc1)c1ccccc1)C(=O)N1CCC[C@H]1C(=O)O)OCc1ccccc1. The van der Waals surface area contributed by atoms with Crippen LogP contribution in [0.1, 0.15) is 74.2 Å². The highest BCUT2D eigenvalue weighted by atomic mass is 31.1. The van der Waals surface area contributed by atoms with Crippen LogP contribution in [-0.2, 0) is 41.0 Å². The van der Waals surface area contributed by atoms with Crippen LogP contribution >= 0.6 is 8.25 Å². The maximum absolute atomic E-state index is 13.6. The second kappa shape index (κ2) is 19.5. The Balaban J connectivity index is 1.31. The minimum atomic E-state index is -2.72. The van der Waals surface area contributed by atoms with E-state index in [0.717, 1.165) is 30.4 Å². The van der Waals surface area contributed by atoms with Crippen LogP contribution in [0.3, 0.4) is 0 Å². The van der Waals surface area contributed by atoms with Gasteiger partial charge in [0.1, 0.15) is 18.8 Å². The largest absolute Gasteiger partial charge is 0.698 e. The summed E-state index contributed by atoms with van der Waals surface area (Å²) < 4.78 is 30.3. The Morgan fingerprint density at radius 3 is 2.15 bits per heavy atom. The Hall–Kier alpha value is -4.11. The van der Waals surface area contributed by atoms with E-state index in [2.05, 4.69) is 17.4 Å². The smallest absolute Gasteiger partial charge is 0.480 e. The number of rotatable bonds is 19. The summed E-state index contributed by atoms with van der Waals surface area (Å²) in [5.74, 6) is -1.59. The van der Waals surface area contributed by atoms with Crippen molar-refractivity contribution < 1.29 is 37.8 Å². The van der Waals surface area contributed by atoms with Crippen molar-refractivity contribution in [2.75, 3.05) is 13.1 Å². The molecule has 2 amide bonds. The predicted octanol–water partition coefficient (Wildman–Crippen LogP) is 7.37. The molecule has 2 unspecified atom stereocenters. The van der Waals surface area contributed by atoms with Crippen LogP contribution < -0.4 is 5.32 Å². The van der Waals surface area contributed by atoms with E-state index < -0.39 is 44.5 Å². The molecule has 11 heteroatoms.